The van der Waals surface area contributed by atoms with Crippen LogP contribution in [0, 0.1) is 19.8 Å². The minimum atomic E-state index is 0.0670. The van der Waals surface area contributed by atoms with Crippen LogP contribution in [0.2, 0.25) is 0 Å². The van der Waals surface area contributed by atoms with Gasteiger partial charge in [-0.3, -0.25) is 14.3 Å². The first-order valence-electron chi connectivity index (χ1n) is 14.1. The Balaban J connectivity index is 1.50. The van der Waals surface area contributed by atoms with Crippen LogP contribution >= 0.6 is 0 Å². The fraction of sp³-hybridized carbons (Fsp3) is 0.704. The molecule has 0 bridgehead atoms. The highest BCUT2D eigenvalue weighted by Crippen LogP contribution is 2.27. The summed E-state index contributed by atoms with van der Waals surface area (Å²) in [5.41, 5.74) is 3.27. The van der Waals surface area contributed by atoms with Crippen molar-refractivity contribution in [2.75, 3.05) is 55.5 Å². The van der Waals surface area contributed by atoms with E-state index in [1.807, 2.05) is 42.5 Å². The molecule has 1 aliphatic carbocycles. The highest BCUT2D eigenvalue weighted by Gasteiger charge is 2.26. The lowest BCUT2D eigenvalue weighted by molar-refractivity contribution is -0.121. The van der Waals surface area contributed by atoms with Crippen LogP contribution < -0.4 is 25.3 Å². The molecule has 12 nitrogen and oxygen atoms in total. The van der Waals surface area contributed by atoms with Gasteiger partial charge in [-0.1, -0.05) is 0 Å². The smallest absolute Gasteiger partial charge is 0.232 e. The molecule has 0 radical (unpaired) electrons. The zero-order valence-corrected chi connectivity index (χ0v) is 24.3. The van der Waals surface area contributed by atoms with Gasteiger partial charge in [-0.25, -0.2) is 0 Å². The Hall–Kier alpha value is -3.44. The van der Waals surface area contributed by atoms with E-state index >= 15 is 0 Å². The van der Waals surface area contributed by atoms with E-state index in [4.69, 9.17) is 15.0 Å². The Morgan fingerprint density at radius 2 is 1.62 bits per heavy atom. The Morgan fingerprint density at radius 1 is 0.949 bits per heavy atom. The molecular weight excluding hydrogens is 496 g/mol. The minimum absolute atomic E-state index is 0.0670. The summed E-state index contributed by atoms with van der Waals surface area (Å²) >= 11 is 0. The van der Waals surface area contributed by atoms with Crippen LogP contribution in [0.15, 0.2) is 0 Å². The average Bonchev–Trinajstić information content (AvgIpc) is 3.72. The normalized spacial score (nSPS) is 15.8. The highest BCUT2D eigenvalue weighted by molar-refractivity contribution is 5.77. The second kappa shape index (κ2) is 12.6. The number of nitrogens with one attached hydrogen (secondary N) is 2. The largest absolute Gasteiger partial charge is 0.359 e. The Kier molecular flexibility index (Phi) is 9.24. The monoisotopic (exact) mass is 540 g/mol. The number of carbonyl (C=O) groups is 2. The molecule has 2 aromatic rings. The molecule has 1 saturated heterocycles. The number of aryl methyl sites for hydroxylation is 2. The van der Waals surface area contributed by atoms with Gasteiger partial charge in [-0.05, 0) is 51.9 Å². The summed E-state index contributed by atoms with van der Waals surface area (Å²) < 4.78 is 1.90. The zero-order valence-electron chi connectivity index (χ0n) is 24.3. The lowest BCUT2D eigenvalue weighted by atomic mass is 9.92. The van der Waals surface area contributed by atoms with Crippen LogP contribution in [0.3, 0.4) is 0 Å². The minimum Gasteiger partial charge on any atom is -0.359 e. The summed E-state index contributed by atoms with van der Waals surface area (Å²) in [4.78, 5) is 44.7. The van der Waals surface area contributed by atoms with Crippen molar-refractivity contribution in [3.05, 3.63) is 17.0 Å². The first-order valence-corrected chi connectivity index (χ1v) is 14.1. The van der Waals surface area contributed by atoms with Gasteiger partial charge in [0.05, 0.1) is 5.69 Å². The average molecular weight is 541 g/mol. The predicted octanol–water partition coefficient (Wildman–Crippen LogP) is 1.71. The van der Waals surface area contributed by atoms with Crippen LogP contribution in [0.5, 0.6) is 0 Å². The summed E-state index contributed by atoms with van der Waals surface area (Å²) in [6.07, 6.45) is 6.00. The first kappa shape index (κ1) is 28.6. The molecule has 3 heterocycles. The van der Waals surface area contributed by atoms with Gasteiger partial charge >= 0.3 is 0 Å². The number of piperidine rings is 1. The van der Waals surface area contributed by atoms with Crippen molar-refractivity contribution in [3.63, 3.8) is 0 Å². The number of hydrogen-bond donors (Lipinski definition) is 2. The quantitative estimate of drug-likeness (QED) is 0.414. The van der Waals surface area contributed by atoms with Crippen LogP contribution in [-0.4, -0.2) is 83.4 Å². The topological polar surface area (TPSA) is 124 Å². The summed E-state index contributed by atoms with van der Waals surface area (Å²) in [6, 6.07) is 0.352. The number of amides is 2. The Labute approximate surface area is 231 Å². The maximum Gasteiger partial charge on any atom is 0.232 e. The van der Waals surface area contributed by atoms with Crippen molar-refractivity contribution in [1.82, 2.24) is 35.4 Å². The van der Waals surface area contributed by atoms with E-state index in [0.29, 0.717) is 55.7 Å². The molecular formula is C27H44N10O2. The molecule has 0 aromatic carbocycles. The first-order chi connectivity index (χ1) is 18.6. The summed E-state index contributed by atoms with van der Waals surface area (Å²) in [6.45, 7) is 6.91. The van der Waals surface area contributed by atoms with Crippen LogP contribution in [0.4, 0.5) is 17.8 Å². The van der Waals surface area contributed by atoms with Crippen LogP contribution in [0.25, 0.3) is 0 Å². The molecule has 1 aliphatic heterocycles. The van der Waals surface area contributed by atoms with E-state index in [9.17, 15) is 9.59 Å². The molecule has 214 valence electrons. The lowest BCUT2D eigenvalue weighted by Crippen LogP contribution is -2.36. The predicted molar refractivity (Wildman–Crippen MR) is 152 cm³/mol. The standard InChI is InChI=1S/C27H44N10O2/c1-18-22(19(2)36(6)33-18)17-35(5)26-30-25(34(4)14-13-24(39)29-21-8-9-21)31-27(32-26)37-15-11-20(12-16-37)7-10-23(38)28-3/h20-21H,7-17H2,1-6H3,(H,28,38)(H,29,39). The number of aromatic nitrogens is 5. The lowest BCUT2D eigenvalue weighted by Gasteiger charge is -2.33. The molecule has 0 unspecified atom stereocenters. The van der Waals surface area contributed by atoms with Crippen molar-refractivity contribution in [3.8, 4) is 0 Å². The number of rotatable bonds is 12. The zero-order chi connectivity index (χ0) is 28.1. The van der Waals surface area contributed by atoms with Gasteiger partial charge in [0.1, 0.15) is 0 Å². The second-order valence-corrected chi connectivity index (χ2v) is 11.0. The van der Waals surface area contributed by atoms with Gasteiger partial charge in [0.25, 0.3) is 0 Å². The second-order valence-electron chi connectivity index (χ2n) is 11.0. The fourth-order valence-electron chi connectivity index (χ4n) is 4.96. The van der Waals surface area contributed by atoms with E-state index < -0.39 is 0 Å². The third kappa shape index (κ3) is 7.57. The maximum absolute atomic E-state index is 12.3. The van der Waals surface area contributed by atoms with Crippen molar-refractivity contribution in [2.45, 2.75) is 71.4 Å². The molecule has 0 atom stereocenters. The van der Waals surface area contributed by atoms with E-state index in [1.165, 1.54) is 0 Å². The van der Waals surface area contributed by atoms with Crippen molar-refractivity contribution in [1.29, 1.82) is 0 Å². The maximum atomic E-state index is 12.3. The number of hydrogen-bond acceptors (Lipinski definition) is 9. The molecule has 4 rings (SSSR count). The van der Waals surface area contributed by atoms with Gasteiger partial charge in [0.2, 0.25) is 29.7 Å². The molecule has 2 aromatic heterocycles. The van der Waals surface area contributed by atoms with Crippen molar-refractivity contribution in [2.24, 2.45) is 13.0 Å². The fourth-order valence-corrected chi connectivity index (χ4v) is 4.96. The molecule has 39 heavy (non-hydrogen) atoms. The van der Waals surface area contributed by atoms with Gasteiger partial charge < -0.3 is 25.3 Å². The van der Waals surface area contributed by atoms with E-state index in [0.717, 1.165) is 62.1 Å². The van der Waals surface area contributed by atoms with Gasteiger partial charge in [-0.15, -0.1) is 0 Å². The van der Waals surface area contributed by atoms with Crippen LogP contribution in [-0.2, 0) is 23.2 Å². The Bertz CT molecular complexity index is 1150. The van der Waals surface area contributed by atoms with Crippen LogP contribution in [0.1, 0.15) is 61.9 Å². The summed E-state index contributed by atoms with van der Waals surface area (Å²) in [5.74, 6) is 2.49. The molecule has 2 amide bonds. The number of anilines is 3. The molecule has 2 aliphatic rings. The summed E-state index contributed by atoms with van der Waals surface area (Å²) in [5, 5.41) is 10.3. The van der Waals surface area contributed by atoms with Gasteiger partial charge in [0.15, 0.2) is 0 Å². The SMILES string of the molecule is CNC(=O)CCC1CCN(c2nc(N(C)CCC(=O)NC3CC3)nc(N(C)Cc3c(C)nn(C)c3C)n2)CC1. The van der Waals surface area contributed by atoms with Crippen molar-refractivity contribution < 1.29 is 9.59 Å². The molecule has 12 heteroatoms. The third-order valence-electron chi connectivity index (χ3n) is 7.91. The Morgan fingerprint density at radius 3 is 2.21 bits per heavy atom. The highest BCUT2D eigenvalue weighted by atomic mass is 16.2. The van der Waals surface area contributed by atoms with E-state index in [-0.39, 0.29) is 11.8 Å². The number of carbonyl (C=O) groups excluding carboxylic acids is 2. The van der Waals surface area contributed by atoms with Gasteiger partial charge in [-0.2, -0.15) is 20.1 Å². The van der Waals surface area contributed by atoms with Crippen molar-refractivity contribution >= 4 is 29.7 Å². The number of nitrogens with zero attached hydrogens (tertiary/aromatic N) is 8. The molecule has 0 spiro atoms. The van der Waals surface area contributed by atoms with E-state index in [2.05, 4.69) is 27.6 Å². The van der Waals surface area contributed by atoms with E-state index in [1.54, 1.807) is 7.05 Å². The summed E-state index contributed by atoms with van der Waals surface area (Å²) in [7, 11) is 7.56. The molecule has 1 saturated carbocycles. The molecule has 2 N–H and O–H groups in total. The molecule has 2 fully saturated rings. The van der Waals surface area contributed by atoms with Gasteiger partial charge in [0, 0.05) is 84.5 Å². The third-order valence-corrected chi connectivity index (χ3v) is 7.91.